The average molecular weight is 277 g/mol. The molecule has 0 atom stereocenters. The van der Waals surface area contributed by atoms with Crippen molar-refractivity contribution in [1.82, 2.24) is 15.1 Å². The van der Waals surface area contributed by atoms with Gasteiger partial charge in [-0.2, -0.15) is 5.10 Å². The van der Waals surface area contributed by atoms with Crippen molar-refractivity contribution < 1.29 is 0 Å². The van der Waals surface area contributed by atoms with Crippen molar-refractivity contribution in [2.75, 3.05) is 7.05 Å². The predicted octanol–water partition coefficient (Wildman–Crippen LogP) is 3.57. The zero-order chi connectivity index (χ0) is 14.7. The third kappa shape index (κ3) is 2.88. The van der Waals surface area contributed by atoms with Crippen molar-refractivity contribution in [3.05, 3.63) is 72.1 Å². The highest BCUT2D eigenvalue weighted by molar-refractivity contribution is 5.66. The fourth-order valence-corrected chi connectivity index (χ4v) is 2.55. The van der Waals surface area contributed by atoms with E-state index in [0.29, 0.717) is 0 Å². The molecule has 0 aliphatic carbocycles. The molecule has 106 valence electrons. The number of aromatic nitrogens is 2. The van der Waals surface area contributed by atoms with Crippen molar-refractivity contribution in [3.63, 3.8) is 0 Å². The van der Waals surface area contributed by atoms with Gasteiger partial charge in [0.2, 0.25) is 0 Å². The minimum absolute atomic E-state index is 0.893. The average Bonchev–Trinajstić information content (AvgIpc) is 2.98. The number of benzene rings is 2. The molecule has 0 bridgehead atoms. The number of nitrogens with zero attached hydrogens (tertiary/aromatic N) is 2. The van der Waals surface area contributed by atoms with Crippen molar-refractivity contribution >= 4 is 0 Å². The minimum Gasteiger partial charge on any atom is -0.316 e. The number of aryl methyl sites for hydroxylation is 1. The fraction of sp³-hybridized carbons (Fsp3) is 0.167. The van der Waals surface area contributed by atoms with E-state index in [9.17, 15) is 0 Å². The lowest BCUT2D eigenvalue weighted by Gasteiger charge is -2.07. The smallest absolute Gasteiger partial charge is 0.0645 e. The molecule has 3 rings (SSSR count). The largest absolute Gasteiger partial charge is 0.316 e. The standard InChI is InChI=1S/C18H19N3/c1-14-10-15(11-19-2)8-9-18(14)16-12-20-21(13-16)17-6-4-3-5-7-17/h3-10,12-13,19H,11H2,1-2H3. The Labute approximate surface area is 125 Å². The Hall–Kier alpha value is -2.39. The van der Waals surface area contributed by atoms with Gasteiger partial charge in [0.15, 0.2) is 0 Å². The van der Waals surface area contributed by atoms with Crippen LogP contribution in [0.2, 0.25) is 0 Å². The van der Waals surface area contributed by atoms with Gasteiger partial charge in [-0.25, -0.2) is 4.68 Å². The van der Waals surface area contributed by atoms with E-state index in [0.717, 1.165) is 17.8 Å². The van der Waals surface area contributed by atoms with Crippen LogP contribution in [-0.4, -0.2) is 16.8 Å². The van der Waals surface area contributed by atoms with Crippen molar-refractivity contribution in [2.24, 2.45) is 0 Å². The lowest BCUT2D eigenvalue weighted by atomic mass is 10.0. The van der Waals surface area contributed by atoms with E-state index in [-0.39, 0.29) is 0 Å². The summed E-state index contributed by atoms with van der Waals surface area (Å²) >= 11 is 0. The van der Waals surface area contributed by atoms with E-state index in [1.807, 2.05) is 36.1 Å². The second kappa shape index (κ2) is 5.94. The highest BCUT2D eigenvalue weighted by atomic mass is 15.3. The fourth-order valence-electron chi connectivity index (χ4n) is 2.55. The molecule has 2 aromatic carbocycles. The van der Waals surface area contributed by atoms with Gasteiger partial charge in [0.05, 0.1) is 11.9 Å². The molecule has 1 aromatic heterocycles. The number of hydrogen-bond donors (Lipinski definition) is 1. The van der Waals surface area contributed by atoms with Gasteiger partial charge in [-0.3, -0.25) is 0 Å². The molecule has 0 saturated heterocycles. The van der Waals surface area contributed by atoms with E-state index in [2.05, 4.69) is 53.9 Å². The molecule has 0 aliphatic heterocycles. The molecule has 21 heavy (non-hydrogen) atoms. The Morgan fingerprint density at radius 1 is 1.10 bits per heavy atom. The summed E-state index contributed by atoms with van der Waals surface area (Å²) in [6, 6.07) is 16.7. The Balaban J connectivity index is 1.93. The molecule has 1 heterocycles. The molecule has 3 heteroatoms. The van der Waals surface area contributed by atoms with Gasteiger partial charge in [0, 0.05) is 18.3 Å². The number of nitrogens with one attached hydrogen (secondary N) is 1. The first kappa shape index (κ1) is 13.6. The maximum absolute atomic E-state index is 4.47. The van der Waals surface area contributed by atoms with Gasteiger partial charge in [0.1, 0.15) is 0 Å². The minimum atomic E-state index is 0.893. The molecule has 0 spiro atoms. The van der Waals surface area contributed by atoms with Gasteiger partial charge in [-0.05, 0) is 42.8 Å². The first-order valence-corrected chi connectivity index (χ1v) is 7.12. The Morgan fingerprint density at radius 2 is 1.90 bits per heavy atom. The second-order valence-corrected chi connectivity index (χ2v) is 5.19. The van der Waals surface area contributed by atoms with Crippen LogP contribution in [0.1, 0.15) is 11.1 Å². The molecule has 0 saturated carbocycles. The third-order valence-corrected chi connectivity index (χ3v) is 3.59. The highest BCUT2D eigenvalue weighted by Gasteiger charge is 2.06. The van der Waals surface area contributed by atoms with Crippen LogP contribution in [0, 0.1) is 6.92 Å². The summed E-state index contributed by atoms with van der Waals surface area (Å²) in [5.41, 5.74) is 6.03. The van der Waals surface area contributed by atoms with Crippen LogP contribution >= 0.6 is 0 Å². The van der Waals surface area contributed by atoms with Gasteiger partial charge in [-0.1, -0.05) is 36.4 Å². The van der Waals surface area contributed by atoms with Gasteiger partial charge in [0.25, 0.3) is 0 Å². The Bertz CT molecular complexity index is 729. The summed E-state index contributed by atoms with van der Waals surface area (Å²) in [5.74, 6) is 0. The van der Waals surface area contributed by atoms with Crippen LogP contribution in [0.15, 0.2) is 60.9 Å². The molecule has 0 radical (unpaired) electrons. The van der Waals surface area contributed by atoms with E-state index < -0.39 is 0 Å². The predicted molar refractivity (Wildman–Crippen MR) is 86.5 cm³/mol. The van der Waals surface area contributed by atoms with Crippen LogP contribution in [0.3, 0.4) is 0 Å². The van der Waals surface area contributed by atoms with Crippen molar-refractivity contribution in [3.8, 4) is 16.8 Å². The maximum atomic E-state index is 4.47. The summed E-state index contributed by atoms with van der Waals surface area (Å²) in [7, 11) is 1.97. The van der Waals surface area contributed by atoms with Crippen LogP contribution in [0.4, 0.5) is 0 Å². The molecular weight excluding hydrogens is 258 g/mol. The van der Waals surface area contributed by atoms with Crippen LogP contribution in [0.25, 0.3) is 16.8 Å². The zero-order valence-electron chi connectivity index (χ0n) is 12.4. The van der Waals surface area contributed by atoms with Gasteiger partial charge >= 0.3 is 0 Å². The lowest BCUT2D eigenvalue weighted by molar-refractivity contribution is 0.817. The summed E-state index contributed by atoms with van der Waals surface area (Å²) in [4.78, 5) is 0. The van der Waals surface area contributed by atoms with Gasteiger partial charge < -0.3 is 5.32 Å². The number of hydrogen-bond acceptors (Lipinski definition) is 2. The van der Waals surface area contributed by atoms with Crippen molar-refractivity contribution in [2.45, 2.75) is 13.5 Å². The van der Waals surface area contributed by atoms with Crippen LogP contribution in [0.5, 0.6) is 0 Å². The monoisotopic (exact) mass is 277 g/mol. The van der Waals surface area contributed by atoms with E-state index >= 15 is 0 Å². The highest BCUT2D eigenvalue weighted by Crippen LogP contribution is 2.24. The molecular formula is C18H19N3. The second-order valence-electron chi connectivity index (χ2n) is 5.19. The Morgan fingerprint density at radius 3 is 2.62 bits per heavy atom. The molecule has 3 aromatic rings. The SMILES string of the molecule is CNCc1ccc(-c2cnn(-c3ccccc3)c2)c(C)c1. The van der Waals surface area contributed by atoms with Crippen molar-refractivity contribution in [1.29, 1.82) is 0 Å². The molecule has 0 unspecified atom stereocenters. The zero-order valence-corrected chi connectivity index (χ0v) is 12.4. The first-order valence-electron chi connectivity index (χ1n) is 7.12. The quantitative estimate of drug-likeness (QED) is 0.790. The lowest BCUT2D eigenvalue weighted by Crippen LogP contribution is -2.05. The topological polar surface area (TPSA) is 29.9 Å². The van der Waals surface area contributed by atoms with E-state index in [1.54, 1.807) is 0 Å². The van der Waals surface area contributed by atoms with Crippen LogP contribution in [-0.2, 0) is 6.54 Å². The van der Waals surface area contributed by atoms with Crippen LogP contribution < -0.4 is 5.32 Å². The normalized spacial score (nSPS) is 10.8. The molecule has 0 aliphatic rings. The summed E-state index contributed by atoms with van der Waals surface area (Å²) in [6.07, 6.45) is 4.00. The summed E-state index contributed by atoms with van der Waals surface area (Å²) < 4.78 is 1.91. The Kier molecular flexibility index (Phi) is 3.84. The molecule has 0 amide bonds. The number of rotatable bonds is 4. The molecule has 1 N–H and O–H groups in total. The number of para-hydroxylation sites is 1. The maximum Gasteiger partial charge on any atom is 0.0645 e. The van der Waals surface area contributed by atoms with E-state index in [1.165, 1.54) is 16.7 Å². The summed E-state index contributed by atoms with van der Waals surface area (Å²) in [5, 5.41) is 7.65. The molecule has 0 fully saturated rings. The first-order chi connectivity index (χ1) is 10.3. The third-order valence-electron chi connectivity index (χ3n) is 3.59. The summed E-state index contributed by atoms with van der Waals surface area (Å²) in [6.45, 7) is 3.04. The van der Waals surface area contributed by atoms with Gasteiger partial charge in [-0.15, -0.1) is 0 Å². The molecule has 3 nitrogen and oxygen atoms in total. The van der Waals surface area contributed by atoms with E-state index in [4.69, 9.17) is 0 Å².